The summed E-state index contributed by atoms with van der Waals surface area (Å²) in [6.45, 7) is 8.02. The lowest BCUT2D eigenvalue weighted by Crippen LogP contribution is -2.25. The third-order valence-corrected chi connectivity index (χ3v) is 2.77. The Labute approximate surface area is 114 Å². The molecule has 6 heteroatoms. The summed E-state index contributed by atoms with van der Waals surface area (Å²) in [4.78, 5) is 9.00. The van der Waals surface area contributed by atoms with E-state index >= 15 is 0 Å². The van der Waals surface area contributed by atoms with Crippen molar-refractivity contribution in [3.05, 3.63) is 11.4 Å². The first-order chi connectivity index (χ1) is 8.79. The molecule has 4 N–H and O–H groups in total. The molecule has 0 aliphatic carbocycles. The lowest BCUT2D eigenvalue weighted by molar-refractivity contribution is 0.105. The highest BCUT2D eigenvalue weighted by molar-refractivity contribution is 5.57. The van der Waals surface area contributed by atoms with Gasteiger partial charge < -0.3 is 20.8 Å². The molecular weight excluding hydrogens is 244 g/mol. The van der Waals surface area contributed by atoms with Crippen LogP contribution in [0.1, 0.15) is 32.2 Å². The van der Waals surface area contributed by atoms with E-state index in [-0.39, 0.29) is 18.6 Å². The van der Waals surface area contributed by atoms with E-state index in [1.807, 2.05) is 34.7 Å². The number of aliphatic hydroxyl groups excluding tert-OH is 2. The van der Waals surface area contributed by atoms with Gasteiger partial charge in [-0.05, 0) is 6.92 Å². The van der Waals surface area contributed by atoms with Crippen molar-refractivity contribution in [2.45, 2.75) is 39.2 Å². The fraction of sp³-hybridized carbons (Fsp3) is 0.692. The molecule has 0 saturated heterocycles. The van der Waals surface area contributed by atoms with Gasteiger partial charge in [-0.2, -0.15) is 0 Å². The SMILES string of the molecule is CNc1nc(C(C)(C)C)nc(NCC(O)CO)c1C. The molecule has 0 spiro atoms. The molecule has 1 heterocycles. The maximum atomic E-state index is 9.39. The van der Waals surface area contributed by atoms with Crippen LogP contribution in [0, 0.1) is 6.92 Å². The second kappa shape index (κ2) is 6.16. The van der Waals surface area contributed by atoms with Gasteiger partial charge in [-0.15, -0.1) is 0 Å². The molecule has 1 aromatic rings. The van der Waals surface area contributed by atoms with Gasteiger partial charge in [0.15, 0.2) is 0 Å². The lowest BCUT2D eigenvalue weighted by atomic mass is 9.95. The predicted molar refractivity (Wildman–Crippen MR) is 76.6 cm³/mol. The standard InChI is InChI=1S/C13H24N4O2/c1-8-10(14-5)16-12(13(2,3)4)17-11(8)15-6-9(19)7-18/h9,18-19H,6-7H2,1-5H3,(H2,14,15,16,17). The molecule has 6 nitrogen and oxygen atoms in total. The summed E-state index contributed by atoms with van der Waals surface area (Å²) in [6, 6.07) is 0. The summed E-state index contributed by atoms with van der Waals surface area (Å²) in [7, 11) is 1.81. The van der Waals surface area contributed by atoms with Crippen LogP contribution in [0.2, 0.25) is 0 Å². The molecular formula is C13H24N4O2. The summed E-state index contributed by atoms with van der Waals surface area (Å²) in [5, 5.41) is 24.3. The average Bonchev–Trinajstić information content (AvgIpc) is 2.35. The van der Waals surface area contributed by atoms with Gasteiger partial charge in [-0.25, -0.2) is 9.97 Å². The number of aromatic nitrogens is 2. The van der Waals surface area contributed by atoms with E-state index in [4.69, 9.17) is 5.11 Å². The molecule has 0 saturated carbocycles. The lowest BCUT2D eigenvalue weighted by Gasteiger charge is -2.21. The van der Waals surface area contributed by atoms with Crippen LogP contribution in [0.25, 0.3) is 0 Å². The molecule has 0 aliphatic heterocycles. The second-order valence-corrected chi connectivity index (χ2v) is 5.59. The van der Waals surface area contributed by atoms with E-state index in [1.165, 1.54) is 0 Å². The predicted octanol–water partition coefficient (Wildman–Crippen LogP) is 0.889. The van der Waals surface area contributed by atoms with Crippen LogP contribution in [-0.2, 0) is 5.41 Å². The van der Waals surface area contributed by atoms with Crippen molar-refractivity contribution >= 4 is 11.6 Å². The first-order valence-corrected chi connectivity index (χ1v) is 6.39. The monoisotopic (exact) mass is 268 g/mol. The molecule has 0 bridgehead atoms. The van der Waals surface area contributed by atoms with Crippen molar-refractivity contribution in [1.29, 1.82) is 0 Å². The Hall–Kier alpha value is -1.40. The maximum absolute atomic E-state index is 9.39. The minimum absolute atomic E-state index is 0.161. The van der Waals surface area contributed by atoms with Crippen molar-refractivity contribution in [2.24, 2.45) is 0 Å². The van der Waals surface area contributed by atoms with Gasteiger partial charge in [-0.1, -0.05) is 20.8 Å². The van der Waals surface area contributed by atoms with Crippen LogP contribution in [0.15, 0.2) is 0 Å². The zero-order chi connectivity index (χ0) is 14.6. The van der Waals surface area contributed by atoms with Crippen molar-refractivity contribution in [3.8, 4) is 0 Å². The van der Waals surface area contributed by atoms with Gasteiger partial charge in [0.1, 0.15) is 17.5 Å². The smallest absolute Gasteiger partial charge is 0.138 e. The molecule has 1 rings (SSSR count). The number of aliphatic hydroxyl groups is 2. The minimum Gasteiger partial charge on any atom is -0.394 e. The first kappa shape index (κ1) is 15.7. The average molecular weight is 268 g/mol. The van der Waals surface area contributed by atoms with E-state index in [1.54, 1.807) is 0 Å². The molecule has 0 amide bonds. The highest BCUT2D eigenvalue weighted by Gasteiger charge is 2.21. The van der Waals surface area contributed by atoms with E-state index in [0.717, 1.165) is 17.2 Å². The number of nitrogens with zero attached hydrogens (tertiary/aromatic N) is 2. The maximum Gasteiger partial charge on any atom is 0.138 e. The molecule has 0 fully saturated rings. The van der Waals surface area contributed by atoms with Gasteiger partial charge in [0.2, 0.25) is 0 Å². The van der Waals surface area contributed by atoms with Crippen LogP contribution >= 0.6 is 0 Å². The van der Waals surface area contributed by atoms with Crippen LogP contribution in [0.4, 0.5) is 11.6 Å². The van der Waals surface area contributed by atoms with Crippen LogP contribution in [-0.4, -0.2) is 46.5 Å². The number of rotatable bonds is 5. The van der Waals surface area contributed by atoms with E-state index in [2.05, 4.69) is 20.6 Å². The van der Waals surface area contributed by atoms with Crippen LogP contribution in [0.5, 0.6) is 0 Å². The molecule has 0 aliphatic rings. The fourth-order valence-electron chi connectivity index (χ4n) is 1.55. The quantitative estimate of drug-likeness (QED) is 0.634. The molecule has 108 valence electrons. The van der Waals surface area contributed by atoms with Crippen molar-refractivity contribution in [3.63, 3.8) is 0 Å². The van der Waals surface area contributed by atoms with E-state index in [9.17, 15) is 5.11 Å². The summed E-state index contributed by atoms with van der Waals surface area (Å²) in [5.74, 6) is 2.17. The Morgan fingerprint density at radius 2 is 1.79 bits per heavy atom. The van der Waals surface area contributed by atoms with E-state index < -0.39 is 6.10 Å². The minimum atomic E-state index is -0.800. The zero-order valence-corrected chi connectivity index (χ0v) is 12.3. The summed E-state index contributed by atoms with van der Waals surface area (Å²) >= 11 is 0. The highest BCUT2D eigenvalue weighted by Crippen LogP contribution is 2.25. The fourth-order valence-corrected chi connectivity index (χ4v) is 1.55. The van der Waals surface area contributed by atoms with Crippen LogP contribution in [0.3, 0.4) is 0 Å². The Bertz CT molecular complexity index is 429. The third kappa shape index (κ3) is 4.04. The Kier molecular flexibility index (Phi) is 5.08. The summed E-state index contributed by atoms with van der Waals surface area (Å²) in [6.07, 6.45) is -0.800. The Morgan fingerprint density at radius 3 is 2.26 bits per heavy atom. The number of anilines is 2. The molecule has 19 heavy (non-hydrogen) atoms. The molecule has 1 atom stereocenters. The Morgan fingerprint density at radius 1 is 1.21 bits per heavy atom. The van der Waals surface area contributed by atoms with Gasteiger partial charge in [0.05, 0.1) is 12.7 Å². The van der Waals surface area contributed by atoms with E-state index in [0.29, 0.717) is 5.82 Å². The number of nitrogens with one attached hydrogen (secondary N) is 2. The Balaban J connectivity index is 3.08. The van der Waals surface area contributed by atoms with Gasteiger partial charge in [-0.3, -0.25) is 0 Å². The van der Waals surface area contributed by atoms with Crippen molar-refractivity contribution < 1.29 is 10.2 Å². The highest BCUT2D eigenvalue weighted by atomic mass is 16.3. The topological polar surface area (TPSA) is 90.3 Å². The number of hydrogen-bond acceptors (Lipinski definition) is 6. The van der Waals surface area contributed by atoms with Gasteiger partial charge in [0.25, 0.3) is 0 Å². The summed E-state index contributed by atoms with van der Waals surface area (Å²) in [5.41, 5.74) is 0.728. The molecule has 1 unspecified atom stereocenters. The van der Waals surface area contributed by atoms with Gasteiger partial charge in [0, 0.05) is 24.6 Å². The molecule has 0 aromatic carbocycles. The van der Waals surface area contributed by atoms with Crippen molar-refractivity contribution in [1.82, 2.24) is 9.97 Å². The normalized spacial score (nSPS) is 13.2. The van der Waals surface area contributed by atoms with Crippen LogP contribution < -0.4 is 10.6 Å². The first-order valence-electron chi connectivity index (χ1n) is 6.39. The zero-order valence-electron chi connectivity index (χ0n) is 12.3. The molecule has 0 radical (unpaired) electrons. The summed E-state index contributed by atoms with van der Waals surface area (Å²) < 4.78 is 0. The largest absolute Gasteiger partial charge is 0.394 e. The van der Waals surface area contributed by atoms with Crippen molar-refractivity contribution in [2.75, 3.05) is 30.8 Å². The van der Waals surface area contributed by atoms with Gasteiger partial charge >= 0.3 is 0 Å². The number of hydrogen-bond donors (Lipinski definition) is 4. The second-order valence-electron chi connectivity index (χ2n) is 5.59. The molecule has 1 aromatic heterocycles. The third-order valence-electron chi connectivity index (χ3n) is 2.77.